The first-order valence-corrected chi connectivity index (χ1v) is 10.7. The second-order valence-corrected chi connectivity index (χ2v) is 8.29. The maximum absolute atomic E-state index is 13.2. The van der Waals surface area contributed by atoms with Gasteiger partial charge in [0.1, 0.15) is 17.3 Å². The number of aryl methyl sites for hydroxylation is 1. The number of hydrogen-bond acceptors (Lipinski definition) is 5. The van der Waals surface area contributed by atoms with Crippen LogP contribution in [0.25, 0.3) is 5.76 Å². The molecule has 0 aliphatic carbocycles. The summed E-state index contributed by atoms with van der Waals surface area (Å²) in [5.74, 6) is -1.19. The summed E-state index contributed by atoms with van der Waals surface area (Å²) in [4.78, 5) is 27.6. The van der Waals surface area contributed by atoms with Crippen LogP contribution < -0.4 is 9.64 Å². The smallest absolute Gasteiger partial charge is 0.300 e. The molecule has 1 amide bonds. The summed E-state index contributed by atoms with van der Waals surface area (Å²) in [6.07, 6.45) is -0.00459. The van der Waals surface area contributed by atoms with Crippen molar-refractivity contribution < 1.29 is 24.5 Å². The third kappa shape index (κ3) is 4.32. The number of benzene rings is 3. The molecule has 1 saturated heterocycles. The van der Waals surface area contributed by atoms with E-state index < -0.39 is 17.7 Å². The highest BCUT2D eigenvalue weighted by atomic mass is 16.5. The number of phenolic OH excluding ortho intramolecular Hbond substituents is 1. The van der Waals surface area contributed by atoms with E-state index >= 15 is 0 Å². The molecule has 1 aliphatic heterocycles. The van der Waals surface area contributed by atoms with E-state index in [2.05, 4.69) is 0 Å². The van der Waals surface area contributed by atoms with E-state index in [9.17, 15) is 19.8 Å². The Morgan fingerprint density at radius 1 is 0.970 bits per heavy atom. The first-order valence-electron chi connectivity index (χ1n) is 10.7. The zero-order valence-corrected chi connectivity index (χ0v) is 18.6. The number of ether oxygens (including phenoxy) is 1. The second kappa shape index (κ2) is 8.82. The van der Waals surface area contributed by atoms with Crippen LogP contribution in [0.3, 0.4) is 0 Å². The minimum Gasteiger partial charge on any atom is -0.508 e. The van der Waals surface area contributed by atoms with Crippen LogP contribution >= 0.6 is 0 Å². The standard InChI is InChI=1S/C27H25NO5/c1-16(2)33-22-13-9-18(10-14-22)25(30)23-24(19-5-4-6-21(29)15-19)28(27(32)26(23)31)20-11-7-17(3)8-12-20/h4-16,24,29-30H,1-3H3/b25-23-. The minimum absolute atomic E-state index is 0.00261. The molecule has 0 saturated carbocycles. The maximum Gasteiger partial charge on any atom is 0.300 e. The van der Waals surface area contributed by atoms with E-state index in [0.29, 0.717) is 22.6 Å². The Labute approximate surface area is 192 Å². The molecule has 0 spiro atoms. The average molecular weight is 443 g/mol. The average Bonchev–Trinajstić information content (AvgIpc) is 3.05. The van der Waals surface area contributed by atoms with Crippen LogP contribution in [0.2, 0.25) is 0 Å². The maximum atomic E-state index is 13.2. The number of anilines is 1. The van der Waals surface area contributed by atoms with Gasteiger partial charge in [0, 0.05) is 11.3 Å². The van der Waals surface area contributed by atoms with Crippen LogP contribution in [0.5, 0.6) is 11.5 Å². The molecule has 1 aliphatic rings. The van der Waals surface area contributed by atoms with Crippen LogP contribution in [0, 0.1) is 6.92 Å². The molecular weight excluding hydrogens is 418 g/mol. The van der Waals surface area contributed by atoms with Crippen molar-refractivity contribution in [2.45, 2.75) is 32.9 Å². The molecule has 6 nitrogen and oxygen atoms in total. The quantitative estimate of drug-likeness (QED) is 0.325. The number of carbonyl (C=O) groups is 2. The molecule has 1 heterocycles. The molecule has 4 rings (SSSR count). The first-order chi connectivity index (χ1) is 15.8. The van der Waals surface area contributed by atoms with Gasteiger partial charge in [-0.15, -0.1) is 0 Å². The van der Waals surface area contributed by atoms with E-state index in [1.807, 2.05) is 32.9 Å². The number of nitrogens with zero attached hydrogens (tertiary/aromatic N) is 1. The van der Waals surface area contributed by atoms with E-state index in [1.54, 1.807) is 48.5 Å². The zero-order valence-electron chi connectivity index (χ0n) is 18.6. The van der Waals surface area contributed by atoms with Gasteiger partial charge >= 0.3 is 0 Å². The third-order valence-corrected chi connectivity index (χ3v) is 5.44. The van der Waals surface area contributed by atoms with Gasteiger partial charge in [-0.2, -0.15) is 0 Å². The van der Waals surface area contributed by atoms with Gasteiger partial charge in [0.05, 0.1) is 17.7 Å². The molecule has 0 aromatic heterocycles. The number of aliphatic hydroxyl groups is 1. The fourth-order valence-corrected chi connectivity index (χ4v) is 3.93. The normalized spacial score (nSPS) is 17.6. The number of Topliss-reactive ketones (excluding diaryl/α,β-unsaturated/α-hetero) is 1. The summed E-state index contributed by atoms with van der Waals surface area (Å²) < 4.78 is 5.65. The topological polar surface area (TPSA) is 87.1 Å². The second-order valence-electron chi connectivity index (χ2n) is 8.29. The van der Waals surface area contributed by atoms with E-state index in [1.165, 1.54) is 17.0 Å². The van der Waals surface area contributed by atoms with Crippen LogP contribution in [-0.2, 0) is 9.59 Å². The van der Waals surface area contributed by atoms with Crippen LogP contribution in [-0.4, -0.2) is 28.0 Å². The number of hydrogen-bond donors (Lipinski definition) is 2. The summed E-state index contributed by atoms with van der Waals surface area (Å²) in [6.45, 7) is 5.75. The van der Waals surface area contributed by atoms with Gasteiger partial charge in [-0.3, -0.25) is 14.5 Å². The highest BCUT2D eigenvalue weighted by Crippen LogP contribution is 2.42. The Kier molecular flexibility index (Phi) is 5.92. The van der Waals surface area contributed by atoms with Crippen molar-refractivity contribution in [1.29, 1.82) is 0 Å². The summed E-state index contributed by atoms with van der Waals surface area (Å²) in [6, 6.07) is 19.4. The lowest BCUT2D eigenvalue weighted by Gasteiger charge is -2.25. The molecule has 6 heteroatoms. The van der Waals surface area contributed by atoms with Gasteiger partial charge in [-0.05, 0) is 74.9 Å². The SMILES string of the molecule is Cc1ccc(N2C(=O)C(=O)/C(=C(\O)c3ccc(OC(C)C)cc3)C2c2cccc(O)c2)cc1. The van der Waals surface area contributed by atoms with Gasteiger partial charge in [-0.1, -0.05) is 29.8 Å². The number of phenols is 1. The Morgan fingerprint density at radius 3 is 2.24 bits per heavy atom. The Hall–Kier alpha value is -4.06. The summed E-state index contributed by atoms with van der Waals surface area (Å²) >= 11 is 0. The lowest BCUT2D eigenvalue weighted by atomic mass is 9.95. The van der Waals surface area contributed by atoms with Gasteiger partial charge in [-0.25, -0.2) is 0 Å². The molecular formula is C27H25NO5. The third-order valence-electron chi connectivity index (χ3n) is 5.44. The largest absolute Gasteiger partial charge is 0.508 e. The molecule has 3 aromatic carbocycles. The molecule has 1 atom stereocenters. The van der Waals surface area contributed by atoms with Crippen molar-refractivity contribution in [2.75, 3.05) is 4.90 Å². The number of ketones is 1. The molecule has 0 bridgehead atoms. The predicted molar refractivity (Wildman–Crippen MR) is 126 cm³/mol. The predicted octanol–water partition coefficient (Wildman–Crippen LogP) is 5.11. The number of aromatic hydroxyl groups is 1. The zero-order chi connectivity index (χ0) is 23.7. The molecule has 168 valence electrons. The van der Waals surface area contributed by atoms with E-state index in [0.717, 1.165) is 5.56 Å². The summed E-state index contributed by atoms with van der Waals surface area (Å²) in [5, 5.41) is 21.2. The van der Waals surface area contributed by atoms with E-state index in [4.69, 9.17) is 4.74 Å². The Morgan fingerprint density at radius 2 is 1.64 bits per heavy atom. The monoisotopic (exact) mass is 443 g/mol. The molecule has 3 aromatic rings. The number of amides is 1. The van der Waals surface area contributed by atoms with Crippen molar-refractivity contribution in [3.05, 3.63) is 95.1 Å². The van der Waals surface area contributed by atoms with Crippen molar-refractivity contribution in [3.63, 3.8) is 0 Å². The molecule has 1 unspecified atom stereocenters. The van der Waals surface area contributed by atoms with Crippen LogP contribution in [0.15, 0.2) is 78.4 Å². The van der Waals surface area contributed by atoms with Crippen molar-refractivity contribution in [2.24, 2.45) is 0 Å². The lowest BCUT2D eigenvalue weighted by molar-refractivity contribution is -0.132. The lowest BCUT2D eigenvalue weighted by Crippen LogP contribution is -2.29. The number of aliphatic hydroxyl groups excluding tert-OH is 1. The van der Waals surface area contributed by atoms with E-state index in [-0.39, 0.29) is 23.2 Å². The fourth-order valence-electron chi connectivity index (χ4n) is 3.93. The van der Waals surface area contributed by atoms with Crippen molar-refractivity contribution in [1.82, 2.24) is 0 Å². The minimum atomic E-state index is -0.897. The summed E-state index contributed by atoms with van der Waals surface area (Å²) in [5.41, 5.74) is 2.39. The van der Waals surface area contributed by atoms with Gasteiger partial charge in [0.25, 0.3) is 11.7 Å². The Bertz CT molecular complexity index is 1230. The first kappa shape index (κ1) is 22.1. The van der Waals surface area contributed by atoms with Crippen LogP contribution in [0.4, 0.5) is 5.69 Å². The highest BCUT2D eigenvalue weighted by molar-refractivity contribution is 6.51. The molecule has 0 radical (unpaired) electrons. The molecule has 1 fully saturated rings. The number of rotatable bonds is 5. The van der Waals surface area contributed by atoms with Gasteiger partial charge in [0.2, 0.25) is 0 Å². The molecule has 2 N–H and O–H groups in total. The van der Waals surface area contributed by atoms with Gasteiger partial charge < -0.3 is 14.9 Å². The highest BCUT2D eigenvalue weighted by Gasteiger charge is 2.47. The van der Waals surface area contributed by atoms with Crippen molar-refractivity contribution in [3.8, 4) is 11.5 Å². The fraction of sp³-hybridized carbons (Fsp3) is 0.185. The van der Waals surface area contributed by atoms with Gasteiger partial charge in [0.15, 0.2) is 0 Å². The Balaban J connectivity index is 1.86. The van der Waals surface area contributed by atoms with Crippen LogP contribution in [0.1, 0.15) is 36.6 Å². The summed E-state index contributed by atoms with van der Waals surface area (Å²) in [7, 11) is 0. The number of carbonyl (C=O) groups excluding carboxylic acids is 2. The molecule has 33 heavy (non-hydrogen) atoms. The van der Waals surface area contributed by atoms with Crippen molar-refractivity contribution >= 4 is 23.1 Å².